The molecule has 0 unspecified atom stereocenters. The van der Waals surface area contributed by atoms with Crippen molar-refractivity contribution in [3.63, 3.8) is 0 Å². The van der Waals surface area contributed by atoms with Crippen molar-refractivity contribution in [3.05, 3.63) is 72.3 Å². The van der Waals surface area contributed by atoms with Gasteiger partial charge < -0.3 is 0 Å². The van der Waals surface area contributed by atoms with Gasteiger partial charge in [-0.05, 0) is 34.4 Å². The van der Waals surface area contributed by atoms with Gasteiger partial charge in [0.05, 0.1) is 0 Å². The molecule has 0 N–H and O–H groups in total. The lowest BCUT2D eigenvalue weighted by Gasteiger charge is -2.16. The van der Waals surface area contributed by atoms with Crippen LogP contribution in [0.1, 0.15) is 11.1 Å². The maximum absolute atomic E-state index is 3.88. The zero-order valence-corrected chi connectivity index (χ0v) is 12.7. The van der Waals surface area contributed by atoms with Crippen molar-refractivity contribution < 1.29 is 0 Å². The fraction of sp³-hybridized carbons (Fsp3) is 0.158. The lowest BCUT2D eigenvalue weighted by Crippen LogP contribution is -2.21. The molecule has 0 saturated carbocycles. The van der Waals surface area contributed by atoms with Gasteiger partial charge in [-0.1, -0.05) is 54.2 Å². The number of hydrogen-bond donors (Lipinski definition) is 0. The molecule has 2 aliphatic heterocycles. The largest absolute Gasteiger partial charge is 0.291 e. The van der Waals surface area contributed by atoms with E-state index in [0.29, 0.717) is 0 Å². The van der Waals surface area contributed by atoms with Crippen LogP contribution in [-0.4, -0.2) is 24.5 Å². The Labute approximate surface area is 130 Å². The van der Waals surface area contributed by atoms with Crippen molar-refractivity contribution in [2.75, 3.05) is 19.6 Å². The zero-order valence-electron chi connectivity index (χ0n) is 11.9. The first-order chi connectivity index (χ1) is 10.4. The highest BCUT2D eigenvalue weighted by Gasteiger charge is 2.28. The van der Waals surface area contributed by atoms with Crippen LogP contribution in [0.4, 0.5) is 0 Å². The number of fused-ring (bicyclic) bond motifs is 4. The summed E-state index contributed by atoms with van der Waals surface area (Å²) in [7, 11) is 0. The van der Waals surface area contributed by atoms with Gasteiger partial charge in [0.15, 0.2) is 0 Å². The molecule has 104 valence electrons. The van der Waals surface area contributed by atoms with Crippen LogP contribution >= 0.6 is 11.8 Å². The SMILES string of the molecule is C=CCN1CC2=C(C1)c1ccccc1Sc1ccccc12. The van der Waals surface area contributed by atoms with Gasteiger partial charge in [0.25, 0.3) is 0 Å². The molecule has 2 aromatic carbocycles. The summed E-state index contributed by atoms with van der Waals surface area (Å²) < 4.78 is 0. The average molecular weight is 291 g/mol. The molecule has 0 bridgehead atoms. The summed E-state index contributed by atoms with van der Waals surface area (Å²) in [5.74, 6) is 0. The molecule has 21 heavy (non-hydrogen) atoms. The van der Waals surface area contributed by atoms with Gasteiger partial charge in [-0.15, -0.1) is 6.58 Å². The van der Waals surface area contributed by atoms with Crippen LogP contribution < -0.4 is 0 Å². The fourth-order valence-electron chi connectivity index (χ4n) is 3.23. The average Bonchev–Trinajstić information content (AvgIpc) is 2.87. The molecule has 4 rings (SSSR count). The van der Waals surface area contributed by atoms with Crippen LogP contribution in [0, 0.1) is 0 Å². The third kappa shape index (κ3) is 2.15. The molecular formula is C19H17NS. The van der Waals surface area contributed by atoms with Crippen LogP contribution in [0.5, 0.6) is 0 Å². The summed E-state index contributed by atoms with van der Waals surface area (Å²) in [5.41, 5.74) is 5.79. The Morgan fingerprint density at radius 3 is 1.95 bits per heavy atom. The predicted molar refractivity (Wildman–Crippen MR) is 90.5 cm³/mol. The van der Waals surface area contributed by atoms with Crippen LogP contribution in [0.25, 0.3) is 11.1 Å². The summed E-state index contributed by atoms with van der Waals surface area (Å²) in [6.07, 6.45) is 2.00. The Kier molecular flexibility index (Phi) is 3.21. The summed E-state index contributed by atoms with van der Waals surface area (Å²) in [5, 5.41) is 0. The molecule has 2 aromatic rings. The van der Waals surface area contributed by atoms with E-state index in [-0.39, 0.29) is 0 Å². The second-order valence-electron chi connectivity index (χ2n) is 5.51. The minimum Gasteiger partial charge on any atom is -0.291 e. The van der Waals surface area contributed by atoms with E-state index in [1.807, 2.05) is 17.8 Å². The van der Waals surface area contributed by atoms with E-state index >= 15 is 0 Å². The molecule has 0 atom stereocenters. The first-order valence-corrected chi connectivity index (χ1v) is 8.10. The monoisotopic (exact) mass is 291 g/mol. The van der Waals surface area contributed by atoms with Crippen LogP contribution in [0.3, 0.4) is 0 Å². The highest BCUT2D eigenvalue weighted by atomic mass is 32.2. The smallest absolute Gasteiger partial charge is 0.0250 e. The molecule has 0 radical (unpaired) electrons. The second-order valence-corrected chi connectivity index (χ2v) is 6.59. The third-order valence-corrected chi connectivity index (χ3v) is 5.31. The van der Waals surface area contributed by atoms with Crippen molar-refractivity contribution in [1.82, 2.24) is 4.90 Å². The lowest BCUT2D eigenvalue weighted by molar-refractivity contribution is 0.399. The van der Waals surface area contributed by atoms with E-state index in [1.165, 1.54) is 32.1 Å². The highest BCUT2D eigenvalue weighted by molar-refractivity contribution is 7.99. The van der Waals surface area contributed by atoms with Gasteiger partial charge in [0.1, 0.15) is 0 Å². The van der Waals surface area contributed by atoms with Crippen molar-refractivity contribution in [2.24, 2.45) is 0 Å². The number of hydrogen-bond acceptors (Lipinski definition) is 2. The first-order valence-electron chi connectivity index (χ1n) is 7.29. The topological polar surface area (TPSA) is 3.24 Å². The molecule has 2 heteroatoms. The van der Waals surface area contributed by atoms with Gasteiger partial charge in [0, 0.05) is 29.4 Å². The molecule has 2 heterocycles. The summed E-state index contributed by atoms with van der Waals surface area (Å²) in [4.78, 5) is 5.20. The van der Waals surface area contributed by atoms with Crippen LogP contribution in [0.15, 0.2) is 71.0 Å². The van der Waals surface area contributed by atoms with Crippen molar-refractivity contribution in [1.29, 1.82) is 0 Å². The quantitative estimate of drug-likeness (QED) is 0.746. The van der Waals surface area contributed by atoms with Crippen LogP contribution in [0.2, 0.25) is 0 Å². The Morgan fingerprint density at radius 2 is 1.43 bits per heavy atom. The Balaban J connectivity index is 1.91. The van der Waals surface area contributed by atoms with Crippen LogP contribution in [-0.2, 0) is 0 Å². The van der Waals surface area contributed by atoms with Crippen molar-refractivity contribution >= 4 is 22.9 Å². The van der Waals surface area contributed by atoms with E-state index in [2.05, 4.69) is 60.0 Å². The van der Waals surface area contributed by atoms with Gasteiger partial charge in [-0.25, -0.2) is 0 Å². The van der Waals surface area contributed by atoms with E-state index in [0.717, 1.165) is 19.6 Å². The second kappa shape index (κ2) is 5.21. The van der Waals surface area contributed by atoms with E-state index < -0.39 is 0 Å². The molecule has 0 aliphatic carbocycles. The minimum atomic E-state index is 0.949. The molecule has 0 saturated heterocycles. The van der Waals surface area contributed by atoms with Crippen molar-refractivity contribution in [2.45, 2.75) is 9.79 Å². The Hall–Kier alpha value is -1.77. The summed E-state index contributed by atoms with van der Waals surface area (Å²) in [6.45, 7) is 6.88. The van der Waals surface area contributed by atoms with E-state index in [4.69, 9.17) is 0 Å². The standard InChI is InChI=1S/C19H17NS/c1-2-11-20-12-16-14-7-3-5-9-18(14)21-19-10-6-4-8-15(19)17(16)13-20/h2-10H,1,11-13H2. The molecule has 0 amide bonds. The fourth-order valence-corrected chi connectivity index (χ4v) is 4.36. The Bertz CT molecular complexity index is 687. The first kappa shape index (κ1) is 12.9. The van der Waals surface area contributed by atoms with Gasteiger partial charge in [0.2, 0.25) is 0 Å². The number of rotatable bonds is 2. The molecule has 1 nitrogen and oxygen atoms in total. The maximum Gasteiger partial charge on any atom is 0.0250 e. The molecule has 0 fully saturated rings. The molecular weight excluding hydrogens is 274 g/mol. The maximum atomic E-state index is 3.88. The van der Waals surface area contributed by atoms with E-state index in [1.54, 1.807) is 0 Å². The Morgan fingerprint density at radius 1 is 0.905 bits per heavy atom. The van der Waals surface area contributed by atoms with Crippen molar-refractivity contribution in [3.8, 4) is 0 Å². The van der Waals surface area contributed by atoms with Gasteiger partial charge in [-0.2, -0.15) is 0 Å². The predicted octanol–water partition coefficient (Wildman–Crippen LogP) is 4.56. The molecule has 2 aliphatic rings. The third-order valence-electron chi connectivity index (χ3n) is 4.16. The summed E-state index contributed by atoms with van der Waals surface area (Å²) >= 11 is 1.89. The lowest BCUT2D eigenvalue weighted by atomic mass is 9.97. The normalized spacial score (nSPS) is 17.0. The highest BCUT2D eigenvalue weighted by Crippen LogP contribution is 2.46. The molecule has 0 spiro atoms. The van der Waals surface area contributed by atoms with Gasteiger partial charge in [-0.3, -0.25) is 4.90 Å². The number of benzene rings is 2. The molecule has 0 aromatic heterocycles. The zero-order chi connectivity index (χ0) is 14.2. The summed E-state index contributed by atoms with van der Waals surface area (Å²) in [6, 6.07) is 17.6. The van der Waals surface area contributed by atoms with E-state index in [9.17, 15) is 0 Å². The van der Waals surface area contributed by atoms with Gasteiger partial charge >= 0.3 is 0 Å². The minimum absolute atomic E-state index is 0.949. The number of nitrogens with zero attached hydrogens (tertiary/aromatic N) is 1.